The lowest BCUT2D eigenvalue weighted by Crippen LogP contribution is -2.14. The second kappa shape index (κ2) is 4.74. The van der Waals surface area contributed by atoms with Crippen LogP contribution in [-0.2, 0) is 5.41 Å². The summed E-state index contributed by atoms with van der Waals surface area (Å²) in [6, 6.07) is 1.52. The summed E-state index contributed by atoms with van der Waals surface area (Å²) >= 11 is 7.13. The number of hydrogen-bond acceptors (Lipinski definition) is 4. The molecule has 0 saturated carbocycles. The fourth-order valence-electron chi connectivity index (χ4n) is 1.30. The largest absolute Gasteiger partial charge is 0.452 e. The van der Waals surface area contributed by atoms with E-state index in [9.17, 15) is 4.79 Å². The zero-order valence-corrected chi connectivity index (χ0v) is 11.9. The molecule has 2 heterocycles. The predicted octanol–water partition coefficient (Wildman–Crippen LogP) is 3.94. The van der Waals surface area contributed by atoms with E-state index in [1.54, 1.807) is 0 Å². The molecule has 6 heteroatoms. The van der Waals surface area contributed by atoms with Gasteiger partial charge in [-0.2, -0.15) is 0 Å². The van der Waals surface area contributed by atoms with E-state index in [4.69, 9.17) is 16.0 Å². The number of carbonyl (C=O) groups excluding carboxylic acids is 1. The van der Waals surface area contributed by atoms with E-state index in [-0.39, 0.29) is 16.5 Å². The van der Waals surface area contributed by atoms with Gasteiger partial charge in [-0.3, -0.25) is 10.1 Å². The number of nitrogens with zero attached hydrogens (tertiary/aromatic N) is 1. The third-order valence-electron chi connectivity index (χ3n) is 2.36. The second-order valence-corrected chi connectivity index (χ2v) is 6.05. The molecule has 0 radical (unpaired) electrons. The maximum absolute atomic E-state index is 11.9. The van der Waals surface area contributed by atoms with Crippen LogP contribution in [-0.4, -0.2) is 10.9 Å². The van der Waals surface area contributed by atoms with Gasteiger partial charge in [-0.1, -0.05) is 20.8 Å². The van der Waals surface area contributed by atoms with E-state index in [1.807, 2.05) is 5.38 Å². The number of hydrogen-bond donors (Lipinski definition) is 1. The molecule has 1 N–H and O–H groups in total. The van der Waals surface area contributed by atoms with E-state index in [2.05, 4.69) is 31.1 Å². The minimum atomic E-state index is -0.316. The van der Waals surface area contributed by atoms with Gasteiger partial charge in [0.15, 0.2) is 5.13 Å². The Hall–Kier alpha value is -1.33. The van der Waals surface area contributed by atoms with Gasteiger partial charge in [0.05, 0.1) is 17.5 Å². The summed E-state index contributed by atoms with van der Waals surface area (Å²) in [5.74, 6) is -0.316. The van der Waals surface area contributed by atoms with E-state index in [1.165, 1.54) is 23.7 Å². The van der Waals surface area contributed by atoms with Crippen molar-refractivity contribution >= 4 is 34.0 Å². The highest BCUT2D eigenvalue weighted by Crippen LogP contribution is 2.27. The Morgan fingerprint density at radius 2 is 2.22 bits per heavy atom. The molecule has 0 unspecified atom stereocenters. The number of amides is 1. The van der Waals surface area contributed by atoms with Crippen LogP contribution in [0.15, 0.2) is 22.1 Å². The number of halogens is 1. The smallest absolute Gasteiger partial charge is 0.262 e. The van der Waals surface area contributed by atoms with Crippen molar-refractivity contribution in [3.05, 3.63) is 34.2 Å². The van der Waals surface area contributed by atoms with Crippen molar-refractivity contribution in [1.29, 1.82) is 0 Å². The number of aromatic nitrogens is 1. The number of carbonyl (C=O) groups is 1. The van der Waals surface area contributed by atoms with E-state index in [0.29, 0.717) is 10.7 Å². The lowest BCUT2D eigenvalue weighted by molar-refractivity contribution is 0.102. The number of anilines is 1. The summed E-state index contributed by atoms with van der Waals surface area (Å²) in [4.78, 5) is 16.2. The standard InChI is InChI=1S/C12H13ClN2O2S/c1-12(2,3)8-6-18-11(14-8)15-10(16)7-4-5-17-9(7)13/h4-6H,1-3H3,(H,14,15,16). The first-order valence-electron chi connectivity index (χ1n) is 5.38. The van der Waals surface area contributed by atoms with Gasteiger partial charge in [0, 0.05) is 10.8 Å². The van der Waals surface area contributed by atoms with Crippen molar-refractivity contribution in [3.8, 4) is 0 Å². The molecule has 0 bridgehead atoms. The zero-order valence-electron chi connectivity index (χ0n) is 10.3. The normalized spacial score (nSPS) is 11.6. The summed E-state index contributed by atoms with van der Waals surface area (Å²) in [7, 11) is 0. The van der Waals surface area contributed by atoms with Crippen molar-refractivity contribution in [2.45, 2.75) is 26.2 Å². The molecule has 0 aromatic carbocycles. The fourth-order valence-corrected chi connectivity index (χ4v) is 2.43. The fraction of sp³-hybridized carbons (Fsp3) is 0.333. The molecular weight excluding hydrogens is 272 g/mol. The van der Waals surface area contributed by atoms with Gasteiger partial charge < -0.3 is 4.42 Å². The SMILES string of the molecule is CC(C)(C)c1csc(NC(=O)c2ccoc2Cl)n1. The van der Waals surface area contributed by atoms with Crippen molar-refractivity contribution in [2.75, 3.05) is 5.32 Å². The predicted molar refractivity (Wildman–Crippen MR) is 72.5 cm³/mol. The summed E-state index contributed by atoms with van der Waals surface area (Å²) in [6.07, 6.45) is 1.37. The Balaban J connectivity index is 2.13. The van der Waals surface area contributed by atoms with Crippen LogP contribution in [0.2, 0.25) is 5.22 Å². The molecule has 0 aliphatic rings. The summed E-state index contributed by atoms with van der Waals surface area (Å²) in [6.45, 7) is 6.21. The molecule has 2 aromatic heterocycles. The molecule has 0 saturated heterocycles. The summed E-state index contributed by atoms with van der Waals surface area (Å²) < 4.78 is 4.87. The van der Waals surface area contributed by atoms with Crippen LogP contribution >= 0.6 is 22.9 Å². The Kier molecular flexibility index (Phi) is 3.45. The Morgan fingerprint density at radius 3 is 2.72 bits per heavy atom. The summed E-state index contributed by atoms with van der Waals surface area (Å²) in [5, 5.41) is 5.28. The number of nitrogens with one attached hydrogen (secondary N) is 1. The van der Waals surface area contributed by atoms with Gasteiger partial charge in [0.25, 0.3) is 5.91 Å². The van der Waals surface area contributed by atoms with Crippen LogP contribution in [0.25, 0.3) is 0 Å². The summed E-state index contributed by atoms with van der Waals surface area (Å²) in [5.41, 5.74) is 1.22. The molecule has 18 heavy (non-hydrogen) atoms. The van der Waals surface area contributed by atoms with Crippen LogP contribution in [0.5, 0.6) is 0 Å². The van der Waals surface area contributed by atoms with E-state index in [0.717, 1.165) is 5.69 Å². The maximum Gasteiger partial charge on any atom is 0.262 e. The zero-order chi connectivity index (χ0) is 13.3. The first kappa shape index (κ1) is 13.1. The molecule has 96 valence electrons. The van der Waals surface area contributed by atoms with E-state index < -0.39 is 0 Å². The molecule has 2 rings (SSSR count). The highest BCUT2D eigenvalue weighted by atomic mass is 35.5. The number of furan rings is 1. The minimum absolute atomic E-state index is 0.0350. The molecule has 0 atom stereocenters. The topological polar surface area (TPSA) is 55.1 Å². The number of thiazole rings is 1. The van der Waals surface area contributed by atoms with Crippen LogP contribution in [0.3, 0.4) is 0 Å². The first-order valence-corrected chi connectivity index (χ1v) is 6.64. The number of rotatable bonds is 2. The van der Waals surface area contributed by atoms with Crippen LogP contribution in [0, 0.1) is 0 Å². The monoisotopic (exact) mass is 284 g/mol. The van der Waals surface area contributed by atoms with Crippen LogP contribution < -0.4 is 5.32 Å². The third-order valence-corrected chi connectivity index (χ3v) is 3.41. The second-order valence-electron chi connectivity index (χ2n) is 4.85. The Morgan fingerprint density at radius 1 is 1.50 bits per heavy atom. The lowest BCUT2D eigenvalue weighted by atomic mass is 9.93. The minimum Gasteiger partial charge on any atom is -0.452 e. The van der Waals surface area contributed by atoms with Gasteiger partial charge in [-0.25, -0.2) is 4.98 Å². The van der Waals surface area contributed by atoms with Gasteiger partial charge >= 0.3 is 0 Å². The lowest BCUT2D eigenvalue weighted by Gasteiger charge is -2.14. The third kappa shape index (κ3) is 2.73. The Bertz CT molecular complexity index is 569. The quantitative estimate of drug-likeness (QED) is 0.909. The molecule has 0 aliphatic heterocycles. The molecule has 1 amide bonds. The molecular formula is C12H13ClN2O2S. The van der Waals surface area contributed by atoms with Crippen LogP contribution in [0.4, 0.5) is 5.13 Å². The molecule has 2 aromatic rings. The first-order chi connectivity index (χ1) is 8.38. The van der Waals surface area contributed by atoms with Crippen molar-refractivity contribution in [2.24, 2.45) is 0 Å². The van der Waals surface area contributed by atoms with Crippen molar-refractivity contribution < 1.29 is 9.21 Å². The Labute approximate surface area is 114 Å². The van der Waals surface area contributed by atoms with Gasteiger partial charge in [-0.15, -0.1) is 11.3 Å². The molecule has 4 nitrogen and oxygen atoms in total. The van der Waals surface area contributed by atoms with Crippen molar-refractivity contribution in [3.63, 3.8) is 0 Å². The van der Waals surface area contributed by atoms with Gasteiger partial charge in [0.2, 0.25) is 5.22 Å². The average Bonchev–Trinajstić information content (AvgIpc) is 2.85. The average molecular weight is 285 g/mol. The highest BCUT2D eigenvalue weighted by Gasteiger charge is 2.19. The molecule has 0 fully saturated rings. The van der Waals surface area contributed by atoms with Crippen LogP contribution in [0.1, 0.15) is 36.8 Å². The van der Waals surface area contributed by atoms with Gasteiger partial charge in [-0.05, 0) is 17.7 Å². The van der Waals surface area contributed by atoms with Gasteiger partial charge in [0.1, 0.15) is 0 Å². The molecule has 0 spiro atoms. The van der Waals surface area contributed by atoms with E-state index >= 15 is 0 Å². The highest BCUT2D eigenvalue weighted by molar-refractivity contribution is 7.14. The maximum atomic E-state index is 11.9. The molecule has 0 aliphatic carbocycles. The van der Waals surface area contributed by atoms with Crippen molar-refractivity contribution in [1.82, 2.24) is 4.98 Å².